The minimum absolute atomic E-state index is 0.120. The molecule has 0 radical (unpaired) electrons. The number of aryl methyl sites for hydroxylation is 2. The predicted octanol–water partition coefficient (Wildman–Crippen LogP) is 4.64. The molecular weight excluding hydrogens is 320 g/mol. The summed E-state index contributed by atoms with van der Waals surface area (Å²) in [5.74, 6) is -0.0912. The monoisotopic (exact) mass is 338 g/mol. The van der Waals surface area contributed by atoms with E-state index in [2.05, 4.69) is 17.2 Å². The molecule has 0 atom stereocenters. The standard InChI is InChI=1S/C19H18N2O2S/c1-3-17-18(20-12(2)24-17)13-7-9-14(10-8-13)19(23)21-15-5-4-6-16(22)11-15/h4-11,22H,3H2,1-2H3,(H,21,23). The molecule has 122 valence electrons. The van der Waals surface area contributed by atoms with Gasteiger partial charge in [0.2, 0.25) is 0 Å². The van der Waals surface area contributed by atoms with Crippen molar-refractivity contribution in [2.75, 3.05) is 5.32 Å². The van der Waals surface area contributed by atoms with Crippen LogP contribution in [0.1, 0.15) is 27.2 Å². The summed E-state index contributed by atoms with van der Waals surface area (Å²) in [6.45, 7) is 4.12. The number of thiazole rings is 1. The lowest BCUT2D eigenvalue weighted by atomic mass is 10.1. The molecule has 1 heterocycles. The number of benzene rings is 2. The van der Waals surface area contributed by atoms with Crippen molar-refractivity contribution < 1.29 is 9.90 Å². The molecule has 2 aromatic carbocycles. The average molecular weight is 338 g/mol. The van der Waals surface area contributed by atoms with E-state index in [0.717, 1.165) is 22.7 Å². The molecule has 0 aliphatic rings. The Morgan fingerprint density at radius 1 is 1.21 bits per heavy atom. The maximum atomic E-state index is 12.3. The Kier molecular flexibility index (Phi) is 4.62. The first-order valence-electron chi connectivity index (χ1n) is 7.74. The number of aromatic hydroxyl groups is 1. The largest absolute Gasteiger partial charge is 0.508 e. The number of rotatable bonds is 4. The van der Waals surface area contributed by atoms with Crippen LogP contribution in [0.5, 0.6) is 5.75 Å². The van der Waals surface area contributed by atoms with E-state index in [-0.39, 0.29) is 11.7 Å². The molecule has 0 aliphatic heterocycles. The molecular formula is C19H18N2O2S. The second-order valence-corrected chi connectivity index (χ2v) is 6.73. The number of phenolic OH excluding ortho intramolecular Hbond substituents is 1. The SMILES string of the molecule is CCc1sc(C)nc1-c1ccc(C(=O)Nc2cccc(O)c2)cc1. The van der Waals surface area contributed by atoms with Gasteiger partial charge in [-0.1, -0.05) is 25.1 Å². The van der Waals surface area contributed by atoms with Crippen LogP contribution in [0.4, 0.5) is 5.69 Å². The maximum Gasteiger partial charge on any atom is 0.255 e. The molecule has 24 heavy (non-hydrogen) atoms. The number of carbonyl (C=O) groups is 1. The third-order valence-corrected chi connectivity index (χ3v) is 4.77. The van der Waals surface area contributed by atoms with Gasteiger partial charge in [0.1, 0.15) is 5.75 Å². The zero-order valence-corrected chi connectivity index (χ0v) is 14.4. The molecule has 0 unspecified atom stereocenters. The van der Waals surface area contributed by atoms with Crippen LogP contribution in [-0.2, 0) is 6.42 Å². The van der Waals surface area contributed by atoms with E-state index in [4.69, 9.17) is 0 Å². The number of aromatic nitrogens is 1. The highest BCUT2D eigenvalue weighted by atomic mass is 32.1. The van der Waals surface area contributed by atoms with E-state index < -0.39 is 0 Å². The van der Waals surface area contributed by atoms with Crippen LogP contribution in [0, 0.1) is 6.92 Å². The lowest BCUT2D eigenvalue weighted by molar-refractivity contribution is 0.102. The molecule has 1 aromatic heterocycles. The number of anilines is 1. The number of hydrogen-bond acceptors (Lipinski definition) is 4. The Morgan fingerprint density at radius 3 is 2.62 bits per heavy atom. The van der Waals surface area contributed by atoms with Crippen molar-refractivity contribution in [1.82, 2.24) is 4.98 Å². The van der Waals surface area contributed by atoms with Gasteiger partial charge in [-0.05, 0) is 37.6 Å². The maximum absolute atomic E-state index is 12.3. The average Bonchev–Trinajstić information content (AvgIpc) is 2.96. The van der Waals surface area contributed by atoms with E-state index >= 15 is 0 Å². The summed E-state index contributed by atoms with van der Waals surface area (Å²) in [4.78, 5) is 18.1. The first-order chi connectivity index (χ1) is 11.6. The van der Waals surface area contributed by atoms with Gasteiger partial charge in [0.05, 0.1) is 10.7 Å². The number of amides is 1. The van der Waals surface area contributed by atoms with Gasteiger partial charge in [0.25, 0.3) is 5.91 Å². The van der Waals surface area contributed by atoms with Crippen molar-refractivity contribution in [2.24, 2.45) is 0 Å². The molecule has 4 nitrogen and oxygen atoms in total. The molecule has 5 heteroatoms. The van der Waals surface area contributed by atoms with Crippen molar-refractivity contribution in [2.45, 2.75) is 20.3 Å². The zero-order chi connectivity index (χ0) is 17.1. The van der Waals surface area contributed by atoms with Crippen LogP contribution < -0.4 is 5.32 Å². The van der Waals surface area contributed by atoms with Crippen molar-refractivity contribution in [3.8, 4) is 17.0 Å². The molecule has 0 fully saturated rings. The second kappa shape index (κ2) is 6.84. The summed E-state index contributed by atoms with van der Waals surface area (Å²) in [6.07, 6.45) is 0.945. The van der Waals surface area contributed by atoms with Crippen LogP contribution >= 0.6 is 11.3 Å². The smallest absolute Gasteiger partial charge is 0.255 e. The highest BCUT2D eigenvalue weighted by Crippen LogP contribution is 2.28. The molecule has 1 amide bonds. The first kappa shape index (κ1) is 16.2. The van der Waals surface area contributed by atoms with E-state index in [0.29, 0.717) is 11.3 Å². The van der Waals surface area contributed by atoms with Crippen LogP contribution in [0.15, 0.2) is 48.5 Å². The van der Waals surface area contributed by atoms with Gasteiger partial charge in [-0.15, -0.1) is 11.3 Å². The van der Waals surface area contributed by atoms with Gasteiger partial charge in [-0.2, -0.15) is 0 Å². The van der Waals surface area contributed by atoms with Crippen molar-refractivity contribution in [3.05, 3.63) is 64.0 Å². The number of carbonyl (C=O) groups excluding carboxylic acids is 1. The molecule has 0 bridgehead atoms. The summed E-state index contributed by atoms with van der Waals surface area (Å²) in [5.41, 5.74) is 3.14. The zero-order valence-electron chi connectivity index (χ0n) is 13.5. The van der Waals surface area contributed by atoms with E-state index in [9.17, 15) is 9.90 Å². The third kappa shape index (κ3) is 3.46. The molecule has 2 N–H and O–H groups in total. The van der Waals surface area contributed by atoms with E-state index in [1.165, 1.54) is 10.9 Å². The highest BCUT2D eigenvalue weighted by Gasteiger charge is 2.11. The third-order valence-electron chi connectivity index (χ3n) is 3.65. The summed E-state index contributed by atoms with van der Waals surface area (Å²) in [5, 5.41) is 13.3. The van der Waals surface area contributed by atoms with Crippen LogP contribution in [0.3, 0.4) is 0 Å². The number of hydrogen-bond donors (Lipinski definition) is 2. The van der Waals surface area contributed by atoms with Crippen LogP contribution in [-0.4, -0.2) is 16.0 Å². The quantitative estimate of drug-likeness (QED) is 0.728. The molecule has 3 rings (SSSR count). The Balaban J connectivity index is 1.80. The first-order valence-corrected chi connectivity index (χ1v) is 8.55. The lowest BCUT2D eigenvalue weighted by Gasteiger charge is -2.07. The minimum atomic E-state index is -0.211. The van der Waals surface area contributed by atoms with Gasteiger partial charge < -0.3 is 10.4 Å². The number of phenols is 1. The fraction of sp³-hybridized carbons (Fsp3) is 0.158. The summed E-state index contributed by atoms with van der Waals surface area (Å²) >= 11 is 1.71. The fourth-order valence-corrected chi connectivity index (χ4v) is 3.40. The number of nitrogens with one attached hydrogen (secondary N) is 1. The minimum Gasteiger partial charge on any atom is -0.508 e. The fourth-order valence-electron chi connectivity index (χ4n) is 2.50. The van der Waals surface area contributed by atoms with Crippen LogP contribution in [0.2, 0.25) is 0 Å². The summed E-state index contributed by atoms with van der Waals surface area (Å²) in [6, 6.07) is 13.9. The Hall–Kier alpha value is -2.66. The predicted molar refractivity (Wildman–Crippen MR) is 97.7 cm³/mol. The molecule has 0 saturated carbocycles. The van der Waals surface area contributed by atoms with Gasteiger partial charge >= 0.3 is 0 Å². The summed E-state index contributed by atoms with van der Waals surface area (Å²) < 4.78 is 0. The van der Waals surface area contributed by atoms with Crippen molar-refractivity contribution >= 4 is 22.9 Å². The molecule has 0 spiro atoms. The number of nitrogens with zero attached hydrogens (tertiary/aromatic N) is 1. The lowest BCUT2D eigenvalue weighted by Crippen LogP contribution is -2.11. The Bertz CT molecular complexity index is 869. The topological polar surface area (TPSA) is 62.2 Å². The Morgan fingerprint density at radius 2 is 1.96 bits per heavy atom. The molecule has 0 aliphatic carbocycles. The normalized spacial score (nSPS) is 10.6. The molecule has 3 aromatic rings. The van der Waals surface area contributed by atoms with Crippen molar-refractivity contribution in [1.29, 1.82) is 0 Å². The molecule has 0 saturated heterocycles. The van der Waals surface area contributed by atoms with E-state index in [1.807, 2.05) is 19.1 Å². The van der Waals surface area contributed by atoms with Gasteiger partial charge in [-0.25, -0.2) is 4.98 Å². The van der Waals surface area contributed by atoms with E-state index in [1.54, 1.807) is 41.7 Å². The van der Waals surface area contributed by atoms with Gasteiger partial charge in [-0.3, -0.25) is 4.79 Å². The van der Waals surface area contributed by atoms with Gasteiger partial charge in [0.15, 0.2) is 0 Å². The Labute approximate surface area is 144 Å². The van der Waals surface area contributed by atoms with Crippen LogP contribution in [0.25, 0.3) is 11.3 Å². The second-order valence-electron chi connectivity index (χ2n) is 5.44. The van der Waals surface area contributed by atoms with Crippen molar-refractivity contribution in [3.63, 3.8) is 0 Å². The van der Waals surface area contributed by atoms with Gasteiger partial charge in [0, 0.05) is 27.8 Å². The highest BCUT2D eigenvalue weighted by molar-refractivity contribution is 7.12. The summed E-state index contributed by atoms with van der Waals surface area (Å²) in [7, 11) is 0.